The summed E-state index contributed by atoms with van der Waals surface area (Å²) in [6.45, 7) is 3.74. The zero-order valence-electron chi connectivity index (χ0n) is 17.4. The minimum absolute atomic E-state index is 0.0547. The van der Waals surface area contributed by atoms with E-state index in [0.29, 0.717) is 35.5 Å². The van der Waals surface area contributed by atoms with Gasteiger partial charge in [-0.25, -0.2) is 9.79 Å². The molecule has 0 amide bonds. The number of fused-ring (bicyclic) bond motifs is 1. The first-order valence-electron chi connectivity index (χ1n) is 9.65. The number of aromatic nitrogens is 1. The average molecular weight is 582 g/mol. The van der Waals surface area contributed by atoms with Crippen molar-refractivity contribution in [2.75, 3.05) is 13.7 Å². The van der Waals surface area contributed by atoms with Crippen molar-refractivity contribution in [1.82, 2.24) is 4.57 Å². The van der Waals surface area contributed by atoms with Crippen molar-refractivity contribution >= 4 is 57.3 Å². The molecule has 3 heterocycles. The van der Waals surface area contributed by atoms with Gasteiger partial charge in [-0.2, -0.15) is 0 Å². The van der Waals surface area contributed by atoms with Gasteiger partial charge in [0.05, 0.1) is 33.1 Å². The maximum Gasteiger partial charge on any atom is 0.338 e. The van der Waals surface area contributed by atoms with Gasteiger partial charge < -0.3 is 14.6 Å². The van der Waals surface area contributed by atoms with Crippen molar-refractivity contribution < 1.29 is 19.4 Å². The first-order valence-corrected chi connectivity index (χ1v) is 12.4. The maximum atomic E-state index is 13.5. The van der Waals surface area contributed by atoms with Crippen LogP contribution in [0.3, 0.4) is 0 Å². The van der Waals surface area contributed by atoms with Gasteiger partial charge in [-0.05, 0) is 71.7 Å². The number of carbonyl (C=O) groups is 1. The molecule has 0 fully saturated rings. The van der Waals surface area contributed by atoms with E-state index in [0.717, 1.165) is 4.88 Å². The molecule has 0 bridgehead atoms. The number of methoxy groups -OCH3 is 1. The van der Waals surface area contributed by atoms with Crippen LogP contribution in [0.2, 0.25) is 0 Å². The monoisotopic (exact) mass is 582 g/mol. The highest BCUT2D eigenvalue weighted by Gasteiger charge is 2.33. The van der Waals surface area contributed by atoms with E-state index in [2.05, 4.69) is 4.99 Å². The number of benzene rings is 1. The standard InChI is InChI=1S/C22H19IN2O5S2/c1-4-30-21(28)17-11(2)24-22-25(18(17)15-6-5-7-31-15)20(27)16(32-22)10-12-8-13(23)19(26)14(9-12)29-3/h5-10,18,26H,4H2,1-3H3/b16-10-. The molecule has 0 saturated carbocycles. The van der Waals surface area contributed by atoms with Crippen LogP contribution < -0.4 is 19.6 Å². The van der Waals surface area contributed by atoms with E-state index in [9.17, 15) is 14.7 Å². The Morgan fingerprint density at radius 1 is 1.41 bits per heavy atom. The number of esters is 1. The molecule has 10 heteroatoms. The molecule has 4 rings (SSSR count). The molecule has 1 atom stereocenters. The van der Waals surface area contributed by atoms with Crippen molar-refractivity contribution in [3.05, 3.63) is 74.6 Å². The van der Waals surface area contributed by atoms with Crippen LogP contribution in [0.15, 0.2) is 50.7 Å². The molecule has 0 aliphatic carbocycles. The molecule has 7 nitrogen and oxygen atoms in total. The third kappa shape index (κ3) is 4.02. The minimum Gasteiger partial charge on any atom is -0.504 e. The van der Waals surface area contributed by atoms with Gasteiger partial charge in [-0.3, -0.25) is 9.36 Å². The van der Waals surface area contributed by atoms with E-state index >= 15 is 0 Å². The Labute approximate surface area is 205 Å². The molecule has 2 aromatic heterocycles. The lowest BCUT2D eigenvalue weighted by Crippen LogP contribution is -2.39. The molecule has 0 saturated heterocycles. The zero-order valence-corrected chi connectivity index (χ0v) is 21.2. The Bertz CT molecular complexity index is 1400. The topological polar surface area (TPSA) is 90.1 Å². The largest absolute Gasteiger partial charge is 0.504 e. The molecule has 1 aliphatic heterocycles. The molecule has 166 valence electrons. The van der Waals surface area contributed by atoms with E-state index in [4.69, 9.17) is 9.47 Å². The van der Waals surface area contributed by atoms with E-state index < -0.39 is 12.0 Å². The summed E-state index contributed by atoms with van der Waals surface area (Å²) in [7, 11) is 1.48. The first kappa shape index (κ1) is 22.7. The Kier molecular flexibility index (Phi) is 6.54. The normalized spacial score (nSPS) is 16.0. The number of hydrogen-bond acceptors (Lipinski definition) is 8. The summed E-state index contributed by atoms with van der Waals surface area (Å²) in [5.74, 6) is -0.0915. The number of thiazole rings is 1. The highest BCUT2D eigenvalue weighted by molar-refractivity contribution is 14.1. The van der Waals surface area contributed by atoms with Crippen LogP contribution in [0.1, 0.15) is 30.3 Å². The predicted molar refractivity (Wildman–Crippen MR) is 132 cm³/mol. The van der Waals surface area contributed by atoms with Crippen LogP contribution in [-0.4, -0.2) is 29.4 Å². The number of nitrogens with zero attached hydrogens (tertiary/aromatic N) is 2. The number of hydrogen-bond donors (Lipinski definition) is 1. The smallest absolute Gasteiger partial charge is 0.338 e. The predicted octanol–water partition coefficient (Wildman–Crippen LogP) is 3.18. The molecule has 3 aromatic rings. The lowest BCUT2D eigenvalue weighted by Gasteiger charge is -2.23. The number of rotatable bonds is 5. The van der Waals surface area contributed by atoms with Crippen LogP contribution in [-0.2, 0) is 9.53 Å². The van der Waals surface area contributed by atoms with Crippen molar-refractivity contribution in [2.24, 2.45) is 4.99 Å². The summed E-state index contributed by atoms with van der Waals surface area (Å²) >= 11 is 4.74. The molecule has 0 spiro atoms. The Hall–Kier alpha value is -2.44. The number of halogens is 1. The van der Waals surface area contributed by atoms with Crippen molar-refractivity contribution in [3.8, 4) is 11.5 Å². The second kappa shape index (κ2) is 9.20. The quantitative estimate of drug-likeness (QED) is 0.369. The highest BCUT2D eigenvalue weighted by atomic mass is 127. The lowest BCUT2D eigenvalue weighted by molar-refractivity contribution is -0.139. The number of aromatic hydroxyl groups is 1. The fourth-order valence-corrected chi connectivity index (χ4v) is 5.99. The SMILES string of the molecule is CCOC(=O)C1=C(C)N=c2s/c(=C\c3cc(I)c(O)c(OC)c3)c(=O)n2C1c1cccs1. The van der Waals surface area contributed by atoms with Gasteiger partial charge in [0, 0.05) is 4.88 Å². The number of thiophene rings is 1. The van der Waals surface area contributed by atoms with E-state index in [1.807, 2.05) is 40.1 Å². The number of phenols is 1. The third-order valence-electron chi connectivity index (χ3n) is 4.90. The summed E-state index contributed by atoms with van der Waals surface area (Å²) < 4.78 is 13.1. The molecule has 1 aliphatic rings. The van der Waals surface area contributed by atoms with E-state index in [1.54, 1.807) is 36.6 Å². The van der Waals surface area contributed by atoms with Crippen LogP contribution >= 0.6 is 45.3 Å². The van der Waals surface area contributed by atoms with Gasteiger partial charge in [0.2, 0.25) is 0 Å². The Balaban J connectivity index is 1.93. The van der Waals surface area contributed by atoms with Crippen LogP contribution in [0.5, 0.6) is 11.5 Å². The molecule has 1 unspecified atom stereocenters. The van der Waals surface area contributed by atoms with Crippen molar-refractivity contribution in [2.45, 2.75) is 19.9 Å². The highest BCUT2D eigenvalue weighted by Crippen LogP contribution is 2.34. The van der Waals surface area contributed by atoms with Gasteiger partial charge in [-0.1, -0.05) is 17.4 Å². The average Bonchev–Trinajstić information content (AvgIpc) is 3.38. The Morgan fingerprint density at radius 2 is 2.19 bits per heavy atom. The minimum atomic E-state index is -0.595. The molecule has 1 aromatic carbocycles. The molecule has 1 N–H and O–H groups in total. The summed E-state index contributed by atoms with van der Waals surface area (Å²) in [5, 5.41) is 12.0. The second-order valence-corrected chi connectivity index (χ2v) is 10.0. The van der Waals surface area contributed by atoms with Gasteiger partial charge in [0.15, 0.2) is 16.3 Å². The third-order valence-corrected chi connectivity index (χ3v) is 7.63. The number of allylic oxidation sites excluding steroid dienone is 1. The van der Waals surface area contributed by atoms with Gasteiger partial charge in [0.1, 0.15) is 6.04 Å². The fourth-order valence-electron chi connectivity index (χ4n) is 3.49. The lowest BCUT2D eigenvalue weighted by atomic mass is 10.0. The number of phenolic OH excluding ortho intramolecular Hbond substituents is 1. The summed E-state index contributed by atoms with van der Waals surface area (Å²) in [5.41, 5.74) is 1.37. The molecular weight excluding hydrogens is 563 g/mol. The Morgan fingerprint density at radius 3 is 2.84 bits per heavy atom. The summed E-state index contributed by atoms with van der Waals surface area (Å²) in [6.07, 6.45) is 1.74. The maximum absolute atomic E-state index is 13.5. The van der Waals surface area contributed by atoms with Crippen LogP contribution in [0.25, 0.3) is 6.08 Å². The molecule has 0 radical (unpaired) electrons. The van der Waals surface area contributed by atoms with Gasteiger partial charge in [-0.15, -0.1) is 11.3 Å². The van der Waals surface area contributed by atoms with E-state index in [-0.39, 0.29) is 17.9 Å². The van der Waals surface area contributed by atoms with Crippen LogP contribution in [0.4, 0.5) is 0 Å². The first-order chi connectivity index (χ1) is 15.3. The molecule has 32 heavy (non-hydrogen) atoms. The molecular formula is C22H19IN2O5S2. The zero-order chi connectivity index (χ0) is 23.0. The second-order valence-electron chi connectivity index (χ2n) is 6.87. The summed E-state index contributed by atoms with van der Waals surface area (Å²) in [4.78, 5) is 32.2. The van der Waals surface area contributed by atoms with Gasteiger partial charge >= 0.3 is 5.97 Å². The van der Waals surface area contributed by atoms with Gasteiger partial charge in [0.25, 0.3) is 5.56 Å². The number of ether oxygens (including phenoxy) is 2. The van der Waals surface area contributed by atoms with Crippen molar-refractivity contribution in [3.63, 3.8) is 0 Å². The summed E-state index contributed by atoms with van der Waals surface area (Å²) in [6, 6.07) is 6.63. The fraction of sp³-hybridized carbons (Fsp3) is 0.227. The van der Waals surface area contributed by atoms with Crippen molar-refractivity contribution in [1.29, 1.82) is 0 Å². The number of carbonyl (C=O) groups excluding carboxylic acids is 1. The van der Waals surface area contributed by atoms with E-state index in [1.165, 1.54) is 29.8 Å². The van der Waals surface area contributed by atoms with Crippen LogP contribution in [0, 0.1) is 3.57 Å².